The standard InChI is InChI=1S/C39H65NO2/c1-25(2)28-16-21-39(33(42)13-12-24-40(26(3)4)27(5)6)23-22-37(10)29(34(28)39)14-15-31-36(9)19-18-32(41)35(7,8)30(36)17-20-38(31,37)11/h26-34,41-42H,1,14-24H2,2-11H3/t28-,29+,30-,31+,32-,33+,34+,36-,37+,38+,39+/m0/s1. The molecule has 0 aromatic heterocycles. The summed E-state index contributed by atoms with van der Waals surface area (Å²) < 4.78 is 0. The zero-order valence-electron chi connectivity index (χ0n) is 29.0. The van der Waals surface area contributed by atoms with Crippen molar-refractivity contribution >= 4 is 0 Å². The maximum Gasteiger partial charge on any atom is 0.120 e. The van der Waals surface area contributed by atoms with Gasteiger partial charge in [0.05, 0.1) is 12.6 Å². The van der Waals surface area contributed by atoms with Crippen molar-refractivity contribution in [3.8, 4) is 11.8 Å². The molecular weight excluding hydrogens is 514 g/mol. The monoisotopic (exact) mass is 580 g/mol. The number of rotatable bonds is 5. The Bertz CT molecular complexity index is 1090. The Morgan fingerprint density at radius 3 is 2.12 bits per heavy atom. The van der Waals surface area contributed by atoms with Crippen molar-refractivity contribution < 1.29 is 10.2 Å². The van der Waals surface area contributed by atoms with Crippen LogP contribution in [0.2, 0.25) is 0 Å². The van der Waals surface area contributed by atoms with E-state index in [1.165, 1.54) is 44.1 Å². The normalized spacial score (nSPS) is 46.7. The van der Waals surface area contributed by atoms with E-state index < -0.39 is 6.10 Å². The molecule has 0 unspecified atom stereocenters. The quantitative estimate of drug-likeness (QED) is 0.254. The molecule has 0 spiro atoms. The molecule has 42 heavy (non-hydrogen) atoms. The van der Waals surface area contributed by atoms with E-state index in [-0.39, 0.29) is 22.3 Å². The van der Waals surface area contributed by atoms with E-state index in [0.717, 1.165) is 32.2 Å². The van der Waals surface area contributed by atoms with Crippen molar-refractivity contribution in [3.63, 3.8) is 0 Å². The van der Waals surface area contributed by atoms with Gasteiger partial charge in [-0.2, -0.15) is 0 Å². The molecule has 2 N–H and O–H groups in total. The van der Waals surface area contributed by atoms with Gasteiger partial charge >= 0.3 is 0 Å². The molecule has 5 rings (SSSR count). The van der Waals surface area contributed by atoms with Crippen LogP contribution >= 0.6 is 0 Å². The van der Waals surface area contributed by atoms with E-state index in [2.05, 4.69) is 92.6 Å². The van der Waals surface area contributed by atoms with Crippen LogP contribution in [0.1, 0.15) is 133 Å². The SMILES string of the molecule is C=C(C)[C@@H]1CC[C@]2([C@H](O)C#CCN(C(C)C)C(C)C)CC[C@]3(C)[C@H](CC[C@@H]4[C@@]5(C)CC[C@H](O)C(C)(C)[C@@H]5CC[C@]43C)[C@@H]12. The molecule has 11 atom stereocenters. The Labute approximate surface area is 259 Å². The summed E-state index contributed by atoms with van der Waals surface area (Å²) in [6, 6.07) is 0.894. The molecule has 238 valence electrons. The van der Waals surface area contributed by atoms with Gasteiger partial charge in [-0.25, -0.2) is 0 Å². The van der Waals surface area contributed by atoms with Gasteiger partial charge in [0.2, 0.25) is 0 Å². The Balaban J connectivity index is 1.48. The summed E-state index contributed by atoms with van der Waals surface area (Å²) in [6.45, 7) is 29.2. The predicted molar refractivity (Wildman–Crippen MR) is 176 cm³/mol. The third-order valence-corrected chi connectivity index (χ3v) is 15.5. The van der Waals surface area contributed by atoms with Gasteiger partial charge in [-0.15, -0.1) is 0 Å². The molecule has 3 heteroatoms. The van der Waals surface area contributed by atoms with Gasteiger partial charge in [0.15, 0.2) is 0 Å². The minimum atomic E-state index is -0.558. The van der Waals surface area contributed by atoms with Crippen LogP contribution in [0.3, 0.4) is 0 Å². The summed E-state index contributed by atoms with van der Waals surface area (Å²) >= 11 is 0. The van der Waals surface area contributed by atoms with Gasteiger partial charge in [-0.3, -0.25) is 4.90 Å². The van der Waals surface area contributed by atoms with Crippen molar-refractivity contribution in [2.45, 2.75) is 158 Å². The molecule has 5 aliphatic rings. The summed E-state index contributed by atoms with van der Waals surface area (Å²) in [6.07, 6.45) is 11.0. The van der Waals surface area contributed by atoms with E-state index in [1.54, 1.807) is 0 Å². The number of allylic oxidation sites excluding steroid dienone is 1. The van der Waals surface area contributed by atoms with E-state index in [4.69, 9.17) is 0 Å². The lowest BCUT2D eigenvalue weighted by atomic mass is 9.32. The van der Waals surface area contributed by atoms with Crippen molar-refractivity contribution in [3.05, 3.63) is 12.2 Å². The number of aliphatic hydroxyl groups excluding tert-OH is 2. The van der Waals surface area contributed by atoms with Gasteiger partial charge in [0.1, 0.15) is 6.10 Å². The van der Waals surface area contributed by atoms with Crippen LogP contribution in [0.5, 0.6) is 0 Å². The third-order valence-electron chi connectivity index (χ3n) is 15.5. The Hall–Kier alpha value is -0.820. The van der Waals surface area contributed by atoms with Gasteiger partial charge in [0.25, 0.3) is 0 Å². The first-order chi connectivity index (χ1) is 19.5. The summed E-state index contributed by atoms with van der Waals surface area (Å²) in [5.74, 6) is 9.79. The lowest BCUT2D eigenvalue weighted by Crippen LogP contribution is -2.67. The van der Waals surface area contributed by atoms with Gasteiger partial charge in [-0.05, 0) is 150 Å². The van der Waals surface area contributed by atoms with Gasteiger partial charge in [0, 0.05) is 17.5 Å². The molecule has 5 fully saturated rings. The van der Waals surface area contributed by atoms with E-state index in [1.807, 2.05) is 0 Å². The van der Waals surface area contributed by atoms with E-state index in [9.17, 15) is 10.2 Å². The topological polar surface area (TPSA) is 43.7 Å². The maximum absolute atomic E-state index is 12.0. The minimum absolute atomic E-state index is 0.00615. The van der Waals surface area contributed by atoms with Crippen LogP contribution in [-0.2, 0) is 0 Å². The highest BCUT2D eigenvalue weighted by molar-refractivity contribution is 5.25. The van der Waals surface area contributed by atoms with Crippen LogP contribution in [0, 0.1) is 68.5 Å². The van der Waals surface area contributed by atoms with E-state index in [0.29, 0.717) is 52.5 Å². The number of hydrogen-bond acceptors (Lipinski definition) is 3. The van der Waals surface area contributed by atoms with Crippen molar-refractivity contribution in [2.24, 2.45) is 56.7 Å². The van der Waals surface area contributed by atoms with Crippen LogP contribution in [0.15, 0.2) is 12.2 Å². The second-order valence-electron chi connectivity index (χ2n) is 17.9. The molecule has 0 radical (unpaired) electrons. The summed E-state index contributed by atoms with van der Waals surface area (Å²) in [5, 5.41) is 23.1. The lowest BCUT2D eigenvalue weighted by molar-refractivity contribution is -0.251. The Morgan fingerprint density at radius 2 is 1.50 bits per heavy atom. The van der Waals surface area contributed by atoms with Gasteiger partial charge < -0.3 is 10.2 Å². The second kappa shape index (κ2) is 10.9. The highest BCUT2D eigenvalue weighted by Gasteiger charge is 2.71. The average molecular weight is 580 g/mol. The number of hydrogen-bond donors (Lipinski definition) is 2. The minimum Gasteiger partial charge on any atom is -0.393 e. The third kappa shape index (κ3) is 4.54. The second-order valence-corrected chi connectivity index (χ2v) is 17.9. The maximum atomic E-state index is 12.0. The summed E-state index contributed by atoms with van der Waals surface area (Å²) in [4.78, 5) is 2.42. The molecule has 0 bridgehead atoms. The molecule has 0 aromatic rings. The predicted octanol–water partition coefficient (Wildman–Crippen LogP) is 8.49. The Morgan fingerprint density at radius 1 is 0.833 bits per heavy atom. The molecule has 5 aliphatic carbocycles. The van der Waals surface area contributed by atoms with Crippen molar-refractivity contribution in [1.29, 1.82) is 0 Å². The highest BCUT2D eigenvalue weighted by atomic mass is 16.3. The molecule has 0 amide bonds. The average Bonchev–Trinajstić information content (AvgIpc) is 3.30. The number of nitrogens with zero attached hydrogens (tertiary/aromatic N) is 1. The first-order valence-electron chi connectivity index (χ1n) is 17.7. The van der Waals surface area contributed by atoms with Crippen LogP contribution in [0.4, 0.5) is 0 Å². The van der Waals surface area contributed by atoms with Crippen LogP contribution in [-0.4, -0.2) is 45.9 Å². The largest absolute Gasteiger partial charge is 0.393 e. The van der Waals surface area contributed by atoms with E-state index >= 15 is 0 Å². The molecule has 0 heterocycles. The van der Waals surface area contributed by atoms with Crippen molar-refractivity contribution in [2.75, 3.05) is 6.54 Å². The fourth-order valence-electron chi connectivity index (χ4n) is 13.0. The molecule has 3 nitrogen and oxygen atoms in total. The molecular formula is C39H65NO2. The smallest absolute Gasteiger partial charge is 0.120 e. The number of aliphatic hydroxyl groups is 2. The fraction of sp³-hybridized carbons (Fsp3) is 0.897. The molecule has 5 saturated carbocycles. The Kier molecular flexibility index (Phi) is 8.46. The molecule has 0 aromatic carbocycles. The first kappa shape index (κ1) is 32.6. The lowest BCUT2D eigenvalue weighted by Gasteiger charge is -2.73. The zero-order chi connectivity index (χ0) is 31.0. The highest BCUT2D eigenvalue weighted by Crippen LogP contribution is 2.77. The summed E-state index contributed by atoms with van der Waals surface area (Å²) in [5.41, 5.74) is 2.06. The fourth-order valence-corrected chi connectivity index (χ4v) is 13.0. The van der Waals surface area contributed by atoms with Crippen molar-refractivity contribution in [1.82, 2.24) is 4.90 Å². The summed E-state index contributed by atoms with van der Waals surface area (Å²) in [7, 11) is 0. The number of fused-ring (bicyclic) bond motifs is 7. The van der Waals surface area contributed by atoms with Crippen LogP contribution in [0.25, 0.3) is 0 Å². The van der Waals surface area contributed by atoms with Crippen LogP contribution < -0.4 is 0 Å². The zero-order valence-corrected chi connectivity index (χ0v) is 29.0. The van der Waals surface area contributed by atoms with Gasteiger partial charge in [-0.1, -0.05) is 58.6 Å². The molecule has 0 saturated heterocycles. The first-order valence-corrected chi connectivity index (χ1v) is 17.7. The molecule has 0 aliphatic heterocycles.